The van der Waals surface area contributed by atoms with Gasteiger partial charge in [-0.2, -0.15) is 0 Å². The highest BCUT2D eigenvalue weighted by atomic mass is 16.5. The van der Waals surface area contributed by atoms with Crippen LogP contribution in [-0.4, -0.2) is 62.2 Å². The minimum atomic E-state index is -0.631. The van der Waals surface area contributed by atoms with Crippen molar-refractivity contribution in [2.75, 3.05) is 41.3 Å². The summed E-state index contributed by atoms with van der Waals surface area (Å²) in [6.45, 7) is 7.55. The SMILES string of the molecule is COc1cc(C)c2c(c1C)C(O)C(C(C)C(=O)N(C)CCN(C)C)CC2. The van der Waals surface area contributed by atoms with Gasteiger partial charge in [0.25, 0.3) is 0 Å². The third kappa shape index (κ3) is 4.04. The zero-order chi connectivity index (χ0) is 19.6. The van der Waals surface area contributed by atoms with E-state index in [1.165, 1.54) is 5.56 Å². The van der Waals surface area contributed by atoms with Gasteiger partial charge >= 0.3 is 0 Å². The average Bonchev–Trinajstić information content (AvgIpc) is 2.61. The zero-order valence-corrected chi connectivity index (χ0v) is 17.3. The Bertz CT molecular complexity index is 657. The first-order valence-corrected chi connectivity index (χ1v) is 9.43. The Hall–Kier alpha value is -1.59. The third-order valence-corrected chi connectivity index (χ3v) is 5.86. The first-order valence-electron chi connectivity index (χ1n) is 9.43. The van der Waals surface area contributed by atoms with Gasteiger partial charge in [0.1, 0.15) is 5.75 Å². The van der Waals surface area contributed by atoms with Gasteiger partial charge in [-0.05, 0) is 69.1 Å². The first kappa shape index (κ1) is 20.7. The first-order chi connectivity index (χ1) is 12.2. The van der Waals surface area contributed by atoms with Gasteiger partial charge in [-0.1, -0.05) is 6.92 Å². The van der Waals surface area contributed by atoms with E-state index in [1.807, 2.05) is 41.1 Å². The van der Waals surface area contributed by atoms with Crippen LogP contribution in [0.4, 0.5) is 0 Å². The highest BCUT2D eigenvalue weighted by Crippen LogP contribution is 2.44. The van der Waals surface area contributed by atoms with Gasteiger partial charge < -0.3 is 19.6 Å². The molecule has 5 nitrogen and oxygen atoms in total. The van der Waals surface area contributed by atoms with Crippen molar-refractivity contribution >= 4 is 5.91 Å². The van der Waals surface area contributed by atoms with Gasteiger partial charge in [0.05, 0.1) is 13.2 Å². The second-order valence-corrected chi connectivity index (χ2v) is 7.91. The largest absolute Gasteiger partial charge is 0.496 e. The van der Waals surface area contributed by atoms with Crippen LogP contribution in [0, 0.1) is 25.7 Å². The summed E-state index contributed by atoms with van der Waals surface area (Å²) in [6, 6.07) is 2.05. The number of aliphatic hydroxyl groups excluding tert-OH is 1. The van der Waals surface area contributed by atoms with Crippen LogP contribution in [0.5, 0.6) is 5.75 Å². The summed E-state index contributed by atoms with van der Waals surface area (Å²) in [4.78, 5) is 16.7. The molecule has 1 N–H and O–H groups in total. The fourth-order valence-corrected chi connectivity index (χ4v) is 4.11. The molecule has 0 saturated carbocycles. The van der Waals surface area contributed by atoms with Gasteiger partial charge in [0, 0.05) is 32.0 Å². The number of nitrogens with zero attached hydrogens (tertiary/aromatic N) is 2. The molecule has 0 aromatic heterocycles. The molecule has 3 atom stereocenters. The Morgan fingerprint density at radius 1 is 1.31 bits per heavy atom. The number of rotatable bonds is 6. The van der Waals surface area contributed by atoms with Gasteiger partial charge in [-0.25, -0.2) is 0 Å². The molecule has 5 heteroatoms. The van der Waals surface area contributed by atoms with Crippen LogP contribution in [0.2, 0.25) is 0 Å². The number of carbonyl (C=O) groups is 1. The maximum absolute atomic E-state index is 12.9. The molecule has 0 radical (unpaired) electrons. The summed E-state index contributed by atoms with van der Waals surface area (Å²) in [7, 11) is 7.51. The van der Waals surface area contributed by atoms with Crippen molar-refractivity contribution in [3.63, 3.8) is 0 Å². The number of ether oxygens (including phenoxy) is 1. The van der Waals surface area contributed by atoms with Crippen LogP contribution < -0.4 is 4.74 Å². The lowest BCUT2D eigenvalue weighted by Gasteiger charge is -2.37. The molecule has 1 aliphatic rings. The second-order valence-electron chi connectivity index (χ2n) is 7.91. The molecule has 0 fully saturated rings. The molecule has 2 rings (SSSR count). The van der Waals surface area contributed by atoms with E-state index < -0.39 is 6.10 Å². The van der Waals surface area contributed by atoms with Crippen molar-refractivity contribution < 1.29 is 14.6 Å². The van der Waals surface area contributed by atoms with Crippen molar-refractivity contribution in [1.29, 1.82) is 0 Å². The van der Waals surface area contributed by atoms with E-state index >= 15 is 0 Å². The zero-order valence-electron chi connectivity index (χ0n) is 17.3. The summed E-state index contributed by atoms with van der Waals surface area (Å²) in [5.74, 6) is 0.637. The molecule has 0 saturated heterocycles. The molecule has 146 valence electrons. The Morgan fingerprint density at radius 3 is 2.54 bits per heavy atom. The van der Waals surface area contributed by atoms with Crippen molar-refractivity contribution in [2.45, 2.75) is 39.7 Å². The summed E-state index contributed by atoms with van der Waals surface area (Å²) < 4.78 is 5.49. The van der Waals surface area contributed by atoms with E-state index in [0.29, 0.717) is 6.54 Å². The van der Waals surface area contributed by atoms with Crippen molar-refractivity contribution in [3.8, 4) is 5.75 Å². The number of fused-ring (bicyclic) bond motifs is 1. The molecule has 1 aliphatic carbocycles. The maximum Gasteiger partial charge on any atom is 0.225 e. The minimum absolute atomic E-state index is 0.0676. The van der Waals surface area contributed by atoms with E-state index in [-0.39, 0.29) is 17.7 Å². The monoisotopic (exact) mass is 362 g/mol. The molecule has 0 heterocycles. The predicted octanol–water partition coefficient (Wildman–Crippen LogP) is 2.56. The number of hydrogen-bond acceptors (Lipinski definition) is 4. The highest BCUT2D eigenvalue weighted by Gasteiger charge is 2.37. The fraction of sp³-hybridized carbons (Fsp3) is 0.667. The van der Waals surface area contributed by atoms with E-state index in [4.69, 9.17) is 4.74 Å². The van der Waals surface area contributed by atoms with Gasteiger partial charge in [0.15, 0.2) is 0 Å². The summed E-state index contributed by atoms with van der Waals surface area (Å²) in [6.07, 6.45) is 1.09. The quantitative estimate of drug-likeness (QED) is 0.845. The normalized spacial score (nSPS) is 20.7. The average molecular weight is 363 g/mol. The lowest BCUT2D eigenvalue weighted by molar-refractivity contribution is -0.137. The molecular formula is C21H34N2O3. The summed E-state index contributed by atoms with van der Waals surface area (Å²) in [5.41, 5.74) is 4.33. The smallest absolute Gasteiger partial charge is 0.225 e. The van der Waals surface area contributed by atoms with E-state index in [2.05, 4.69) is 11.8 Å². The van der Waals surface area contributed by atoms with Crippen LogP contribution >= 0.6 is 0 Å². The van der Waals surface area contributed by atoms with Crippen molar-refractivity contribution in [1.82, 2.24) is 9.80 Å². The topological polar surface area (TPSA) is 53.0 Å². The molecule has 0 aliphatic heterocycles. The summed E-state index contributed by atoms with van der Waals surface area (Å²) in [5, 5.41) is 11.1. The predicted molar refractivity (Wildman–Crippen MR) is 105 cm³/mol. The lowest BCUT2D eigenvalue weighted by Crippen LogP contribution is -2.41. The number of methoxy groups -OCH3 is 1. The minimum Gasteiger partial charge on any atom is -0.496 e. The Balaban J connectivity index is 2.23. The lowest BCUT2D eigenvalue weighted by atomic mass is 9.72. The summed E-state index contributed by atoms with van der Waals surface area (Å²) >= 11 is 0. The number of carbonyl (C=O) groups excluding carboxylic acids is 1. The molecule has 26 heavy (non-hydrogen) atoms. The number of aryl methyl sites for hydroxylation is 1. The molecule has 3 unspecified atom stereocenters. The second kappa shape index (κ2) is 8.40. The maximum atomic E-state index is 12.9. The molecule has 1 aromatic carbocycles. The van der Waals surface area contributed by atoms with Crippen LogP contribution in [0.25, 0.3) is 0 Å². The van der Waals surface area contributed by atoms with Crippen LogP contribution in [0.15, 0.2) is 6.07 Å². The van der Waals surface area contributed by atoms with Gasteiger partial charge in [-0.15, -0.1) is 0 Å². The van der Waals surface area contributed by atoms with Crippen LogP contribution in [0.3, 0.4) is 0 Å². The molecular weight excluding hydrogens is 328 g/mol. The van der Waals surface area contributed by atoms with Crippen molar-refractivity contribution in [2.24, 2.45) is 11.8 Å². The van der Waals surface area contributed by atoms with Crippen molar-refractivity contribution in [3.05, 3.63) is 28.3 Å². The van der Waals surface area contributed by atoms with Crippen LogP contribution in [0.1, 0.15) is 41.7 Å². The highest BCUT2D eigenvalue weighted by molar-refractivity contribution is 5.78. The molecule has 1 aromatic rings. The fourth-order valence-electron chi connectivity index (χ4n) is 4.11. The molecule has 0 spiro atoms. The van der Waals surface area contributed by atoms with Gasteiger partial charge in [0.2, 0.25) is 5.91 Å². The number of hydrogen-bond donors (Lipinski definition) is 1. The number of likely N-dealkylation sites (N-methyl/N-ethyl adjacent to an activating group) is 2. The Morgan fingerprint density at radius 2 is 1.96 bits per heavy atom. The third-order valence-electron chi connectivity index (χ3n) is 5.86. The number of aliphatic hydroxyl groups is 1. The van der Waals surface area contributed by atoms with Crippen LogP contribution in [-0.2, 0) is 11.2 Å². The van der Waals surface area contributed by atoms with E-state index in [1.54, 1.807) is 12.0 Å². The Kier molecular flexibility index (Phi) is 6.69. The van der Waals surface area contributed by atoms with E-state index in [9.17, 15) is 9.90 Å². The number of benzene rings is 1. The number of amides is 1. The Labute approximate surface area is 157 Å². The molecule has 0 bridgehead atoms. The molecule has 1 amide bonds. The van der Waals surface area contributed by atoms with Gasteiger partial charge in [-0.3, -0.25) is 4.79 Å². The standard InChI is InChI=1S/C21H34N2O3/c1-13-12-18(26-7)15(3)19-16(13)8-9-17(20(19)24)14(2)21(25)23(6)11-10-22(4)5/h12,14,17,20,24H,8-11H2,1-7H3. The van der Waals surface area contributed by atoms with E-state index in [0.717, 1.165) is 41.8 Å².